The zero-order valence-corrected chi connectivity index (χ0v) is 10.8. The summed E-state index contributed by atoms with van der Waals surface area (Å²) < 4.78 is 13.2. The first kappa shape index (κ1) is 12.6. The molecule has 0 saturated heterocycles. The van der Waals surface area contributed by atoms with Gasteiger partial charge in [-0.15, -0.1) is 0 Å². The average molecular weight is 248 g/mol. The van der Waals surface area contributed by atoms with Crippen LogP contribution in [-0.2, 0) is 4.79 Å². The number of nitrogens with zero attached hydrogens (tertiary/aromatic N) is 1. The summed E-state index contributed by atoms with van der Waals surface area (Å²) >= 11 is 0. The Morgan fingerprint density at radius 3 is 2.56 bits per heavy atom. The van der Waals surface area contributed by atoms with E-state index in [0.29, 0.717) is 16.8 Å². The number of hydrogen-bond acceptors (Lipinski definition) is 2. The Morgan fingerprint density at radius 1 is 1.39 bits per heavy atom. The molecule has 0 saturated carbocycles. The van der Waals surface area contributed by atoms with Crippen LogP contribution in [0.2, 0.25) is 0 Å². The number of halogens is 1. The molecule has 1 aliphatic rings. The van der Waals surface area contributed by atoms with Crippen molar-refractivity contribution in [1.29, 1.82) is 0 Å². The Labute approximate surface area is 106 Å². The number of carbonyl (C=O) groups excluding carboxylic acids is 1. The van der Waals surface area contributed by atoms with Crippen molar-refractivity contribution >= 4 is 11.5 Å². The van der Waals surface area contributed by atoms with Crippen LogP contribution in [0.25, 0.3) is 5.57 Å². The van der Waals surface area contributed by atoms with E-state index in [1.54, 1.807) is 17.0 Å². The maximum Gasteiger partial charge on any atom is 0.257 e. The molecule has 0 spiro atoms. The first-order chi connectivity index (χ1) is 8.43. The van der Waals surface area contributed by atoms with Crippen molar-refractivity contribution in [3.8, 4) is 0 Å². The Balaban J connectivity index is 2.48. The predicted octanol–water partition coefficient (Wildman–Crippen LogP) is 2.13. The topological polar surface area (TPSA) is 46.3 Å². The Bertz CT molecular complexity index is 522. The van der Waals surface area contributed by atoms with Gasteiger partial charge in [0.05, 0.1) is 11.6 Å². The van der Waals surface area contributed by atoms with Gasteiger partial charge in [-0.05, 0) is 38.5 Å². The minimum atomic E-state index is -0.365. The van der Waals surface area contributed by atoms with E-state index in [-0.39, 0.29) is 23.8 Å². The van der Waals surface area contributed by atoms with Gasteiger partial charge in [0.15, 0.2) is 0 Å². The van der Waals surface area contributed by atoms with Crippen molar-refractivity contribution in [3.63, 3.8) is 0 Å². The molecular weight excluding hydrogens is 231 g/mol. The van der Waals surface area contributed by atoms with E-state index in [2.05, 4.69) is 0 Å². The highest BCUT2D eigenvalue weighted by Crippen LogP contribution is 2.31. The molecule has 2 N–H and O–H groups in total. The van der Waals surface area contributed by atoms with Crippen molar-refractivity contribution < 1.29 is 9.18 Å². The highest BCUT2D eigenvalue weighted by atomic mass is 19.1. The molecule has 18 heavy (non-hydrogen) atoms. The van der Waals surface area contributed by atoms with E-state index >= 15 is 0 Å². The number of nitrogens with two attached hydrogens (primary N) is 1. The normalized spacial score (nSPS) is 20.2. The van der Waals surface area contributed by atoms with Gasteiger partial charge in [-0.2, -0.15) is 0 Å². The maximum atomic E-state index is 13.2. The smallest absolute Gasteiger partial charge is 0.257 e. The Morgan fingerprint density at radius 2 is 2.06 bits per heavy atom. The predicted molar refractivity (Wildman–Crippen MR) is 69.0 cm³/mol. The van der Waals surface area contributed by atoms with Crippen molar-refractivity contribution in [2.75, 3.05) is 0 Å². The largest absolute Gasteiger partial charge is 0.400 e. The van der Waals surface area contributed by atoms with E-state index < -0.39 is 0 Å². The van der Waals surface area contributed by atoms with Crippen LogP contribution in [0.1, 0.15) is 26.3 Å². The van der Waals surface area contributed by atoms with Crippen molar-refractivity contribution in [1.82, 2.24) is 4.90 Å². The molecule has 1 unspecified atom stereocenters. The molecular formula is C14H17FN2O. The molecule has 1 aromatic rings. The van der Waals surface area contributed by atoms with Crippen LogP contribution in [0.5, 0.6) is 0 Å². The average Bonchev–Trinajstić information content (AvgIpc) is 2.50. The highest BCUT2D eigenvalue weighted by Gasteiger charge is 2.37. The van der Waals surface area contributed by atoms with E-state index in [0.717, 1.165) is 0 Å². The number of hydrogen-bond donors (Lipinski definition) is 1. The summed E-state index contributed by atoms with van der Waals surface area (Å²) in [5.74, 6) is -0.489. The second-order valence-electron chi connectivity index (χ2n) is 4.82. The maximum absolute atomic E-state index is 13.2. The molecule has 1 heterocycles. The number of amides is 1. The number of carbonyl (C=O) groups is 1. The van der Waals surface area contributed by atoms with Gasteiger partial charge in [-0.1, -0.05) is 12.1 Å². The summed E-state index contributed by atoms with van der Waals surface area (Å²) in [7, 11) is 0. The molecule has 1 aromatic carbocycles. The van der Waals surface area contributed by atoms with Crippen LogP contribution in [0.3, 0.4) is 0 Å². The third kappa shape index (κ3) is 1.88. The second kappa shape index (κ2) is 4.44. The summed E-state index contributed by atoms with van der Waals surface area (Å²) in [6, 6.07) is 5.91. The quantitative estimate of drug-likeness (QED) is 0.871. The zero-order chi connectivity index (χ0) is 13.4. The third-order valence-electron chi connectivity index (χ3n) is 3.27. The zero-order valence-electron chi connectivity index (χ0n) is 10.8. The number of benzene rings is 1. The molecule has 0 fully saturated rings. The summed E-state index contributed by atoms with van der Waals surface area (Å²) in [5, 5.41) is 0. The van der Waals surface area contributed by atoms with Gasteiger partial charge in [-0.3, -0.25) is 4.79 Å². The fourth-order valence-electron chi connectivity index (χ4n) is 2.40. The SMILES string of the molecule is CC(C)N1C(=O)C(c2cccc(F)c2)=C(N)C1C. The molecule has 96 valence electrons. The minimum Gasteiger partial charge on any atom is -0.400 e. The molecule has 3 nitrogen and oxygen atoms in total. The highest BCUT2D eigenvalue weighted by molar-refractivity contribution is 6.22. The van der Waals surface area contributed by atoms with Gasteiger partial charge in [0.2, 0.25) is 0 Å². The molecule has 1 amide bonds. The van der Waals surface area contributed by atoms with Gasteiger partial charge in [0.1, 0.15) is 5.82 Å². The van der Waals surface area contributed by atoms with Crippen LogP contribution in [0.4, 0.5) is 4.39 Å². The third-order valence-corrected chi connectivity index (χ3v) is 3.27. The fourth-order valence-corrected chi connectivity index (χ4v) is 2.40. The molecule has 0 aliphatic carbocycles. The lowest BCUT2D eigenvalue weighted by Crippen LogP contribution is -2.40. The Hall–Kier alpha value is -1.84. The molecule has 0 bridgehead atoms. The minimum absolute atomic E-state index is 0.0668. The lowest BCUT2D eigenvalue weighted by atomic mass is 10.0. The lowest BCUT2D eigenvalue weighted by Gasteiger charge is -2.26. The van der Waals surface area contributed by atoms with Gasteiger partial charge < -0.3 is 10.6 Å². The monoisotopic (exact) mass is 248 g/mol. The van der Waals surface area contributed by atoms with E-state index in [1.807, 2.05) is 20.8 Å². The molecule has 1 aliphatic heterocycles. The van der Waals surface area contributed by atoms with Crippen molar-refractivity contribution in [3.05, 3.63) is 41.3 Å². The first-order valence-corrected chi connectivity index (χ1v) is 6.01. The van der Waals surface area contributed by atoms with E-state index in [9.17, 15) is 9.18 Å². The van der Waals surface area contributed by atoms with E-state index in [1.165, 1.54) is 12.1 Å². The van der Waals surface area contributed by atoms with Gasteiger partial charge >= 0.3 is 0 Å². The van der Waals surface area contributed by atoms with Gasteiger partial charge in [0, 0.05) is 11.7 Å². The molecule has 1 atom stereocenters. The van der Waals surface area contributed by atoms with Crippen molar-refractivity contribution in [2.45, 2.75) is 32.9 Å². The van der Waals surface area contributed by atoms with E-state index in [4.69, 9.17) is 5.73 Å². The summed E-state index contributed by atoms with van der Waals surface area (Å²) in [5.41, 5.74) is 7.51. The molecule has 0 aromatic heterocycles. The molecule has 2 rings (SSSR count). The van der Waals surface area contributed by atoms with Crippen LogP contribution < -0.4 is 5.73 Å². The van der Waals surface area contributed by atoms with Crippen LogP contribution in [0, 0.1) is 5.82 Å². The van der Waals surface area contributed by atoms with Crippen LogP contribution in [0.15, 0.2) is 30.0 Å². The Kier molecular flexibility index (Phi) is 3.11. The van der Waals surface area contributed by atoms with Crippen LogP contribution >= 0.6 is 0 Å². The van der Waals surface area contributed by atoms with Gasteiger partial charge in [-0.25, -0.2) is 4.39 Å². The standard InChI is InChI=1S/C14H17FN2O/c1-8(2)17-9(3)13(16)12(14(17)18)10-5-4-6-11(15)7-10/h4-9H,16H2,1-3H3. The summed E-state index contributed by atoms with van der Waals surface area (Å²) in [6.07, 6.45) is 0. The molecule has 4 heteroatoms. The first-order valence-electron chi connectivity index (χ1n) is 6.01. The summed E-state index contributed by atoms with van der Waals surface area (Å²) in [4.78, 5) is 14.1. The molecule has 0 radical (unpaired) electrons. The lowest BCUT2D eigenvalue weighted by molar-refractivity contribution is -0.126. The van der Waals surface area contributed by atoms with Crippen LogP contribution in [-0.4, -0.2) is 22.9 Å². The van der Waals surface area contributed by atoms with Crippen molar-refractivity contribution in [2.24, 2.45) is 5.73 Å². The number of rotatable bonds is 2. The summed E-state index contributed by atoms with van der Waals surface area (Å²) in [6.45, 7) is 5.77. The second-order valence-corrected chi connectivity index (χ2v) is 4.82. The fraction of sp³-hybridized carbons (Fsp3) is 0.357. The van der Waals surface area contributed by atoms with Gasteiger partial charge in [0.25, 0.3) is 5.91 Å².